The van der Waals surface area contributed by atoms with Crippen molar-refractivity contribution in [3.63, 3.8) is 0 Å². The monoisotopic (exact) mass is 357 g/mol. The van der Waals surface area contributed by atoms with Gasteiger partial charge in [0.2, 0.25) is 0 Å². The van der Waals surface area contributed by atoms with Crippen LogP contribution < -0.4 is 14.8 Å². The molecule has 1 fully saturated rings. The van der Waals surface area contributed by atoms with E-state index in [0.29, 0.717) is 5.92 Å². The van der Waals surface area contributed by atoms with Crippen LogP contribution in [0.5, 0.6) is 11.5 Å². The van der Waals surface area contributed by atoms with Crippen molar-refractivity contribution in [1.82, 2.24) is 5.32 Å². The molecule has 1 aliphatic rings. The molecule has 2 rings (SSSR count). The number of methoxy groups -OCH3 is 2. The third-order valence-electron chi connectivity index (χ3n) is 3.90. The summed E-state index contributed by atoms with van der Waals surface area (Å²) in [6, 6.07) is 4.32. The molecule has 0 spiro atoms. The first kappa shape index (κ1) is 16.6. The van der Waals surface area contributed by atoms with E-state index in [0.717, 1.165) is 54.1 Å². The molecule has 0 saturated carbocycles. The second-order valence-corrected chi connectivity index (χ2v) is 6.05. The van der Waals surface area contributed by atoms with Crippen molar-refractivity contribution in [2.75, 3.05) is 34.0 Å². The van der Waals surface area contributed by atoms with Crippen molar-refractivity contribution in [3.8, 4) is 11.5 Å². The van der Waals surface area contributed by atoms with Crippen molar-refractivity contribution in [3.05, 3.63) is 22.2 Å². The van der Waals surface area contributed by atoms with Gasteiger partial charge in [0.05, 0.1) is 20.8 Å². The summed E-state index contributed by atoms with van der Waals surface area (Å²) in [7, 11) is 3.36. The molecule has 118 valence electrons. The van der Waals surface area contributed by atoms with Crippen molar-refractivity contribution >= 4 is 15.9 Å². The van der Waals surface area contributed by atoms with Gasteiger partial charge in [0, 0.05) is 24.1 Å². The predicted octanol–water partition coefficient (Wildman–Crippen LogP) is 3.54. The minimum Gasteiger partial charge on any atom is -0.495 e. The summed E-state index contributed by atoms with van der Waals surface area (Å²) < 4.78 is 17.4. The second-order valence-electron chi connectivity index (χ2n) is 5.26. The third kappa shape index (κ3) is 3.71. The molecule has 1 aromatic rings. The summed E-state index contributed by atoms with van der Waals surface area (Å²) >= 11 is 3.59. The van der Waals surface area contributed by atoms with E-state index in [1.54, 1.807) is 14.2 Å². The number of hydrogen-bond acceptors (Lipinski definition) is 4. The Morgan fingerprint density at radius 3 is 2.76 bits per heavy atom. The first-order valence-electron chi connectivity index (χ1n) is 7.44. The van der Waals surface area contributed by atoms with Crippen LogP contribution in [-0.4, -0.2) is 34.0 Å². The Kier molecular flexibility index (Phi) is 6.33. The molecule has 2 unspecified atom stereocenters. The Balaban J connectivity index is 2.35. The topological polar surface area (TPSA) is 39.7 Å². The Labute approximate surface area is 135 Å². The Bertz CT molecular complexity index is 461. The predicted molar refractivity (Wildman–Crippen MR) is 87.2 cm³/mol. The molecular weight excluding hydrogens is 334 g/mol. The van der Waals surface area contributed by atoms with Crippen LogP contribution in [0.4, 0.5) is 0 Å². The van der Waals surface area contributed by atoms with Gasteiger partial charge in [-0.05, 0) is 47.4 Å². The van der Waals surface area contributed by atoms with Crippen molar-refractivity contribution < 1.29 is 14.2 Å². The summed E-state index contributed by atoms with van der Waals surface area (Å²) in [4.78, 5) is 0. The average Bonchev–Trinajstić information content (AvgIpc) is 3.02. The minimum absolute atomic E-state index is 0.240. The highest BCUT2D eigenvalue weighted by Crippen LogP contribution is 2.42. The normalized spacial score (nSPS) is 19.5. The van der Waals surface area contributed by atoms with E-state index in [4.69, 9.17) is 14.2 Å². The maximum absolute atomic E-state index is 5.63. The SMILES string of the molecule is CCCNC(c1ccc(OC)c(Br)c1OC)C1CCOC1. The minimum atomic E-state index is 0.240. The van der Waals surface area contributed by atoms with Crippen LogP contribution >= 0.6 is 15.9 Å². The Hall–Kier alpha value is -0.780. The lowest BCUT2D eigenvalue weighted by molar-refractivity contribution is 0.176. The maximum Gasteiger partial charge on any atom is 0.141 e. The fraction of sp³-hybridized carbons (Fsp3) is 0.625. The molecule has 0 aliphatic carbocycles. The fourth-order valence-electron chi connectivity index (χ4n) is 2.81. The molecule has 0 bridgehead atoms. The van der Waals surface area contributed by atoms with Crippen LogP contribution in [0.25, 0.3) is 0 Å². The molecule has 0 aromatic heterocycles. The van der Waals surface area contributed by atoms with Gasteiger partial charge in [-0.25, -0.2) is 0 Å². The standard InChI is InChI=1S/C16H24BrNO3/c1-4-8-18-15(11-7-9-21-10-11)12-5-6-13(19-2)14(17)16(12)20-3/h5-6,11,15,18H,4,7-10H2,1-3H3. The van der Waals surface area contributed by atoms with E-state index in [2.05, 4.69) is 34.2 Å². The molecule has 1 N–H and O–H groups in total. The lowest BCUT2D eigenvalue weighted by atomic mass is 9.91. The Morgan fingerprint density at radius 1 is 1.38 bits per heavy atom. The zero-order valence-electron chi connectivity index (χ0n) is 12.9. The van der Waals surface area contributed by atoms with E-state index in [9.17, 15) is 0 Å². The van der Waals surface area contributed by atoms with Crippen LogP contribution in [0.1, 0.15) is 31.4 Å². The lowest BCUT2D eigenvalue weighted by Crippen LogP contribution is -2.29. The number of ether oxygens (including phenoxy) is 3. The van der Waals surface area contributed by atoms with Gasteiger partial charge in [-0.3, -0.25) is 0 Å². The van der Waals surface area contributed by atoms with Crippen LogP contribution in [0.3, 0.4) is 0 Å². The molecule has 21 heavy (non-hydrogen) atoms. The van der Waals surface area contributed by atoms with E-state index >= 15 is 0 Å². The molecule has 5 heteroatoms. The van der Waals surface area contributed by atoms with Gasteiger partial charge in [-0.15, -0.1) is 0 Å². The summed E-state index contributed by atoms with van der Waals surface area (Å²) in [5.41, 5.74) is 1.16. The van der Waals surface area contributed by atoms with E-state index in [1.165, 1.54) is 0 Å². The van der Waals surface area contributed by atoms with Crippen LogP contribution in [0, 0.1) is 5.92 Å². The van der Waals surface area contributed by atoms with E-state index < -0.39 is 0 Å². The second kappa shape index (κ2) is 8.01. The lowest BCUT2D eigenvalue weighted by Gasteiger charge is -2.27. The zero-order chi connectivity index (χ0) is 15.2. The highest BCUT2D eigenvalue weighted by molar-refractivity contribution is 9.10. The van der Waals surface area contributed by atoms with Gasteiger partial charge >= 0.3 is 0 Å². The van der Waals surface area contributed by atoms with Crippen molar-refractivity contribution in [1.29, 1.82) is 0 Å². The van der Waals surface area contributed by atoms with Crippen LogP contribution in [-0.2, 0) is 4.74 Å². The molecular formula is C16H24BrNO3. The third-order valence-corrected chi connectivity index (χ3v) is 4.65. The molecule has 1 heterocycles. The summed E-state index contributed by atoms with van der Waals surface area (Å²) in [5.74, 6) is 2.10. The van der Waals surface area contributed by atoms with Crippen molar-refractivity contribution in [2.45, 2.75) is 25.8 Å². The molecule has 2 atom stereocenters. The van der Waals surface area contributed by atoms with Crippen LogP contribution in [0.15, 0.2) is 16.6 Å². The summed E-state index contributed by atoms with van der Waals surface area (Å²) in [6.45, 7) is 4.80. The molecule has 0 radical (unpaired) electrons. The fourth-order valence-corrected chi connectivity index (χ4v) is 3.49. The van der Waals surface area contributed by atoms with Gasteiger partial charge in [-0.1, -0.05) is 6.92 Å². The van der Waals surface area contributed by atoms with Gasteiger partial charge in [-0.2, -0.15) is 0 Å². The van der Waals surface area contributed by atoms with E-state index in [1.807, 2.05) is 6.07 Å². The number of benzene rings is 1. The van der Waals surface area contributed by atoms with Crippen molar-refractivity contribution in [2.24, 2.45) is 5.92 Å². The van der Waals surface area contributed by atoms with E-state index in [-0.39, 0.29) is 6.04 Å². The van der Waals surface area contributed by atoms with Gasteiger partial charge in [0.15, 0.2) is 0 Å². The molecule has 4 nitrogen and oxygen atoms in total. The molecule has 1 saturated heterocycles. The number of hydrogen-bond donors (Lipinski definition) is 1. The number of nitrogens with one attached hydrogen (secondary N) is 1. The highest BCUT2D eigenvalue weighted by atomic mass is 79.9. The van der Waals surface area contributed by atoms with Crippen LogP contribution in [0.2, 0.25) is 0 Å². The first-order chi connectivity index (χ1) is 10.2. The molecule has 1 aliphatic heterocycles. The number of rotatable bonds is 7. The smallest absolute Gasteiger partial charge is 0.141 e. The van der Waals surface area contributed by atoms with Gasteiger partial charge in [0.1, 0.15) is 16.0 Å². The number of halogens is 1. The maximum atomic E-state index is 5.63. The zero-order valence-corrected chi connectivity index (χ0v) is 14.5. The summed E-state index contributed by atoms with van der Waals surface area (Å²) in [6.07, 6.45) is 2.18. The Morgan fingerprint density at radius 2 is 2.19 bits per heavy atom. The van der Waals surface area contributed by atoms with Gasteiger partial charge < -0.3 is 19.5 Å². The molecule has 1 aromatic carbocycles. The highest BCUT2D eigenvalue weighted by Gasteiger charge is 2.30. The van der Waals surface area contributed by atoms with Gasteiger partial charge in [0.25, 0.3) is 0 Å². The first-order valence-corrected chi connectivity index (χ1v) is 8.23. The summed E-state index contributed by atoms with van der Waals surface area (Å²) in [5, 5.41) is 3.65. The quantitative estimate of drug-likeness (QED) is 0.809. The molecule has 0 amide bonds. The largest absolute Gasteiger partial charge is 0.495 e. The average molecular weight is 358 g/mol.